The SMILES string of the molecule is COC(=O)c1cc(C)c([C@@H]2CN(c3cc(-c4ccccc4O)nnc3N)C[C@H](C)O2)cc1F. The average Bonchev–Trinajstić information content (AvgIpc) is 2.80. The van der Waals surface area contributed by atoms with Crippen molar-refractivity contribution in [3.63, 3.8) is 0 Å². The number of benzene rings is 2. The summed E-state index contributed by atoms with van der Waals surface area (Å²) in [6.07, 6.45) is -0.649. The first kappa shape index (κ1) is 22.5. The molecule has 1 aliphatic rings. The minimum absolute atomic E-state index is 0.0903. The third-order valence-corrected chi connectivity index (χ3v) is 5.69. The molecule has 9 heteroatoms. The molecule has 0 radical (unpaired) electrons. The number of methoxy groups -OCH3 is 1. The average molecular weight is 452 g/mol. The first-order chi connectivity index (χ1) is 15.8. The number of para-hydroxylation sites is 1. The Morgan fingerprint density at radius 3 is 2.73 bits per heavy atom. The van der Waals surface area contributed by atoms with Crippen LogP contribution >= 0.6 is 0 Å². The molecule has 1 aliphatic heterocycles. The van der Waals surface area contributed by atoms with Gasteiger partial charge in [-0.3, -0.25) is 0 Å². The van der Waals surface area contributed by atoms with Crippen LogP contribution in [0, 0.1) is 12.7 Å². The molecule has 4 rings (SSSR count). The Kier molecular flexibility index (Phi) is 6.15. The highest BCUT2D eigenvalue weighted by Gasteiger charge is 2.30. The van der Waals surface area contributed by atoms with E-state index in [-0.39, 0.29) is 23.2 Å². The standard InChI is InChI=1S/C24H25FN4O4/c1-13-8-17(24(31)32-3)18(25)9-16(13)22-12-29(11-14(2)33-22)20-10-19(27-28-23(20)26)15-6-4-5-7-21(15)30/h4-10,14,22,30H,11-12H2,1-3H3,(H2,26,28)/t14-,22-/m0/s1. The number of rotatable bonds is 4. The highest BCUT2D eigenvalue weighted by atomic mass is 19.1. The number of phenolic OH excluding ortho intramolecular Hbond substituents is 1. The second-order valence-electron chi connectivity index (χ2n) is 8.04. The summed E-state index contributed by atoms with van der Waals surface area (Å²) in [6, 6.07) is 11.4. The van der Waals surface area contributed by atoms with Crippen LogP contribution in [0.2, 0.25) is 0 Å². The molecule has 0 spiro atoms. The number of hydrogen-bond donors (Lipinski definition) is 2. The van der Waals surface area contributed by atoms with Crippen LogP contribution in [0.3, 0.4) is 0 Å². The van der Waals surface area contributed by atoms with Gasteiger partial charge in [-0.2, -0.15) is 0 Å². The number of aromatic hydroxyl groups is 1. The van der Waals surface area contributed by atoms with Gasteiger partial charge in [0.2, 0.25) is 0 Å². The molecule has 0 amide bonds. The lowest BCUT2D eigenvalue weighted by atomic mass is 9.98. The molecule has 33 heavy (non-hydrogen) atoms. The van der Waals surface area contributed by atoms with Crippen molar-refractivity contribution in [3.8, 4) is 17.0 Å². The fraction of sp³-hybridized carbons (Fsp3) is 0.292. The summed E-state index contributed by atoms with van der Waals surface area (Å²) >= 11 is 0. The predicted molar refractivity (Wildman–Crippen MR) is 122 cm³/mol. The number of nitrogens with two attached hydrogens (primary N) is 1. The first-order valence-electron chi connectivity index (χ1n) is 10.5. The van der Waals surface area contributed by atoms with Crippen LogP contribution in [-0.2, 0) is 9.47 Å². The molecule has 0 bridgehead atoms. The second kappa shape index (κ2) is 9.03. The third kappa shape index (κ3) is 4.45. The summed E-state index contributed by atoms with van der Waals surface area (Å²) in [5, 5.41) is 18.4. The van der Waals surface area contributed by atoms with E-state index in [9.17, 15) is 14.3 Å². The molecule has 2 heterocycles. The molecule has 3 N–H and O–H groups in total. The van der Waals surface area contributed by atoms with E-state index in [0.717, 1.165) is 0 Å². The molecule has 1 fully saturated rings. The molecule has 2 atom stereocenters. The van der Waals surface area contributed by atoms with Crippen LogP contribution in [0.25, 0.3) is 11.3 Å². The first-order valence-corrected chi connectivity index (χ1v) is 10.5. The van der Waals surface area contributed by atoms with Crippen molar-refractivity contribution in [1.29, 1.82) is 0 Å². The number of esters is 1. The van der Waals surface area contributed by atoms with Crippen molar-refractivity contribution < 1.29 is 23.8 Å². The van der Waals surface area contributed by atoms with Crippen LogP contribution in [0.4, 0.5) is 15.9 Å². The molecule has 2 aromatic carbocycles. The number of nitrogens with zero attached hydrogens (tertiary/aromatic N) is 3. The molecular formula is C24H25FN4O4. The zero-order valence-corrected chi connectivity index (χ0v) is 18.6. The molecule has 0 unspecified atom stereocenters. The van der Waals surface area contributed by atoms with Gasteiger partial charge in [-0.25, -0.2) is 9.18 Å². The van der Waals surface area contributed by atoms with Gasteiger partial charge in [-0.1, -0.05) is 12.1 Å². The Balaban J connectivity index is 1.68. The van der Waals surface area contributed by atoms with Gasteiger partial charge in [-0.15, -0.1) is 10.2 Å². The number of anilines is 2. The number of halogens is 1. The highest BCUT2D eigenvalue weighted by molar-refractivity contribution is 5.90. The molecule has 1 aromatic heterocycles. The van der Waals surface area contributed by atoms with Gasteiger partial charge in [0.1, 0.15) is 17.7 Å². The van der Waals surface area contributed by atoms with Gasteiger partial charge in [0.25, 0.3) is 0 Å². The quantitative estimate of drug-likeness (QED) is 0.578. The molecule has 3 aromatic rings. The van der Waals surface area contributed by atoms with Crippen LogP contribution in [0.15, 0.2) is 42.5 Å². The Labute approximate surface area is 190 Å². The van der Waals surface area contributed by atoms with Crippen LogP contribution < -0.4 is 10.6 Å². The Bertz CT molecular complexity index is 1200. The summed E-state index contributed by atoms with van der Waals surface area (Å²) in [5.74, 6) is -1.06. The van der Waals surface area contributed by atoms with E-state index in [1.807, 2.05) is 11.8 Å². The number of carbonyl (C=O) groups is 1. The molecular weight excluding hydrogens is 427 g/mol. The summed E-state index contributed by atoms with van der Waals surface area (Å²) < 4.78 is 25.4. The predicted octanol–water partition coefficient (Wildman–Crippen LogP) is 3.63. The minimum Gasteiger partial charge on any atom is -0.507 e. The van der Waals surface area contributed by atoms with E-state index in [1.54, 1.807) is 37.3 Å². The molecule has 8 nitrogen and oxygen atoms in total. The zero-order chi connectivity index (χ0) is 23.7. The number of ether oxygens (including phenoxy) is 2. The van der Waals surface area contributed by atoms with E-state index in [1.165, 1.54) is 19.2 Å². The Morgan fingerprint density at radius 2 is 2.00 bits per heavy atom. The molecule has 0 aliphatic carbocycles. The van der Waals surface area contributed by atoms with E-state index >= 15 is 0 Å². The summed E-state index contributed by atoms with van der Waals surface area (Å²) in [5.41, 5.74) is 9.07. The normalized spacial score (nSPS) is 18.2. The van der Waals surface area contributed by atoms with Gasteiger partial charge in [0, 0.05) is 18.7 Å². The van der Waals surface area contributed by atoms with Gasteiger partial charge in [-0.05, 0) is 55.3 Å². The number of carbonyl (C=O) groups excluding carboxylic acids is 1. The fourth-order valence-corrected chi connectivity index (χ4v) is 4.10. The second-order valence-corrected chi connectivity index (χ2v) is 8.04. The van der Waals surface area contributed by atoms with Crippen molar-refractivity contribution in [2.45, 2.75) is 26.1 Å². The van der Waals surface area contributed by atoms with Crippen LogP contribution in [0.5, 0.6) is 5.75 Å². The van der Waals surface area contributed by atoms with Gasteiger partial charge in [0.05, 0.1) is 30.2 Å². The maximum absolute atomic E-state index is 14.7. The molecule has 172 valence electrons. The lowest BCUT2D eigenvalue weighted by Crippen LogP contribution is -2.43. The lowest BCUT2D eigenvalue weighted by Gasteiger charge is -2.39. The zero-order valence-electron chi connectivity index (χ0n) is 18.6. The highest BCUT2D eigenvalue weighted by Crippen LogP contribution is 2.36. The number of hydrogen-bond acceptors (Lipinski definition) is 8. The van der Waals surface area contributed by atoms with Gasteiger partial charge < -0.3 is 25.2 Å². The van der Waals surface area contributed by atoms with E-state index in [4.69, 9.17) is 10.5 Å². The largest absolute Gasteiger partial charge is 0.507 e. The minimum atomic E-state index is -0.728. The van der Waals surface area contributed by atoms with E-state index < -0.39 is 17.9 Å². The summed E-state index contributed by atoms with van der Waals surface area (Å²) in [6.45, 7) is 4.64. The maximum Gasteiger partial charge on any atom is 0.340 e. The summed E-state index contributed by atoms with van der Waals surface area (Å²) in [7, 11) is 1.21. The van der Waals surface area contributed by atoms with Crippen molar-refractivity contribution in [1.82, 2.24) is 10.2 Å². The van der Waals surface area contributed by atoms with E-state index in [0.29, 0.717) is 41.2 Å². The number of nitrogen functional groups attached to an aromatic ring is 1. The Hall–Kier alpha value is -3.72. The lowest BCUT2D eigenvalue weighted by molar-refractivity contribution is -0.0178. The van der Waals surface area contributed by atoms with Crippen molar-refractivity contribution in [2.24, 2.45) is 0 Å². The van der Waals surface area contributed by atoms with Crippen LogP contribution in [0.1, 0.15) is 34.5 Å². The number of aromatic nitrogens is 2. The maximum atomic E-state index is 14.7. The van der Waals surface area contributed by atoms with Crippen molar-refractivity contribution in [2.75, 3.05) is 30.8 Å². The van der Waals surface area contributed by atoms with E-state index in [2.05, 4.69) is 14.9 Å². The topological polar surface area (TPSA) is 111 Å². The summed E-state index contributed by atoms with van der Waals surface area (Å²) in [4.78, 5) is 13.8. The van der Waals surface area contributed by atoms with Crippen molar-refractivity contribution >= 4 is 17.5 Å². The molecule has 1 saturated heterocycles. The Morgan fingerprint density at radius 1 is 1.24 bits per heavy atom. The monoisotopic (exact) mass is 452 g/mol. The fourth-order valence-electron chi connectivity index (χ4n) is 4.10. The third-order valence-electron chi connectivity index (χ3n) is 5.69. The van der Waals surface area contributed by atoms with Gasteiger partial charge >= 0.3 is 5.97 Å². The van der Waals surface area contributed by atoms with Crippen molar-refractivity contribution in [3.05, 3.63) is 65.0 Å². The van der Waals surface area contributed by atoms with Crippen LogP contribution in [-0.4, -0.2) is 47.6 Å². The smallest absolute Gasteiger partial charge is 0.340 e. The van der Waals surface area contributed by atoms with Gasteiger partial charge in [0.15, 0.2) is 5.82 Å². The molecule has 0 saturated carbocycles. The number of aryl methyl sites for hydroxylation is 1. The number of morpholine rings is 1. The number of phenols is 1.